The predicted octanol–water partition coefficient (Wildman–Crippen LogP) is 3.00. The summed E-state index contributed by atoms with van der Waals surface area (Å²) in [4.78, 5) is 12.0. The fourth-order valence-corrected chi connectivity index (χ4v) is 1.94. The van der Waals surface area contributed by atoms with Gasteiger partial charge in [0.2, 0.25) is 0 Å². The first-order valence-electron chi connectivity index (χ1n) is 6.59. The van der Waals surface area contributed by atoms with Crippen LogP contribution in [0.5, 0.6) is 5.75 Å². The highest BCUT2D eigenvalue weighted by Crippen LogP contribution is 2.22. The lowest BCUT2D eigenvalue weighted by Crippen LogP contribution is -2.23. The molecule has 23 heavy (non-hydrogen) atoms. The van der Waals surface area contributed by atoms with Crippen molar-refractivity contribution in [2.24, 2.45) is 5.73 Å². The number of nitrogens with one attached hydrogen (secondary N) is 1. The fraction of sp³-hybridized carbons (Fsp3) is 0.267. The van der Waals surface area contributed by atoms with Gasteiger partial charge in [-0.2, -0.15) is 8.78 Å². The summed E-state index contributed by atoms with van der Waals surface area (Å²) in [5.41, 5.74) is 7.07. The molecule has 126 valence electrons. The van der Waals surface area contributed by atoms with E-state index in [0.717, 1.165) is 5.56 Å². The molecule has 1 aromatic heterocycles. The van der Waals surface area contributed by atoms with E-state index in [4.69, 9.17) is 10.2 Å². The summed E-state index contributed by atoms with van der Waals surface area (Å²) >= 11 is 0. The minimum atomic E-state index is -2.92. The highest BCUT2D eigenvalue weighted by molar-refractivity contribution is 5.93. The average Bonchev–Trinajstić information content (AvgIpc) is 2.95. The first-order valence-corrected chi connectivity index (χ1v) is 6.59. The molecule has 0 spiro atoms. The molecule has 0 saturated carbocycles. The van der Waals surface area contributed by atoms with Crippen molar-refractivity contribution in [1.29, 1.82) is 0 Å². The number of amides is 1. The van der Waals surface area contributed by atoms with Crippen LogP contribution in [0.3, 0.4) is 0 Å². The van der Waals surface area contributed by atoms with Gasteiger partial charge in [0.05, 0.1) is 12.1 Å². The molecule has 0 atom stereocenters. The molecule has 0 unspecified atom stereocenters. The van der Waals surface area contributed by atoms with Crippen molar-refractivity contribution < 1.29 is 22.7 Å². The van der Waals surface area contributed by atoms with Crippen molar-refractivity contribution in [3.63, 3.8) is 0 Å². The van der Waals surface area contributed by atoms with Gasteiger partial charge in [0.1, 0.15) is 17.8 Å². The van der Waals surface area contributed by atoms with Gasteiger partial charge in [-0.15, -0.1) is 12.4 Å². The number of halogens is 3. The largest absolute Gasteiger partial charge is 0.467 e. The zero-order valence-electron chi connectivity index (χ0n) is 12.3. The molecule has 0 bridgehead atoms. The van der Waals surface area contributed by atoms with Crippen LogP contribution >= 0.6 is 12.4 Å². The zero-order valence-corrected chi connectivity index (χ0v) is 13.2. The first kappa shape index (κ1) is 18.9. The molecule has 0 radical (unpaired) electrons. The van der Waals surface area contributed by atoms with Gasteiger partial charge in [0, 0.05) is 12.1 Å². The van der Waals surface area contributed by atoms with Crippen molar-refractivity contribution in [1.82, 2.24) is 5.32 Å². The van der Waals surface area contributed by atoms with Crippen LogP contribution in [0.15, 0.2) is 34.9 Å². The van der Waals surface area contributed by atoms with Crippen molar-refractivity contribution in [2.75, 3.05) is 0 Å². The Kier molecular flexibility index (Phi) is 6.99. The van der Waals surface area contributed by atoms with E-state index in [1.807, 2.05) is 6.92 Å². The van der Waals surface area contributed by atoms with E-state index in [1.54, 1.807) is 12.1 Å². The third-order valence-corrected chi connectivity index (χ3v) is 2.99. The second kappa shape index (κ2) is 8.50. The van der Waals surface area contributed by atoms with E-state index in [2.05, 4.69) is 10.1 Å². The fourth-order valence-electron chi connectivity index (χ4n) is 1.94. The highest BCUT2D eigenvalue weighted by atomic mass is 35.5. The molecule has 1 amide bonds. The number of hydrogen-bond acceptors (Lipinski definition) is 4. The molecule has 0 aliphatic carbocycles. The molecular formula is C15H17ClF2N2O3. The lowest BCUT2D eigenvalue weighted by Gasteiger charge is -2.12. The molecule has 8 heteroatoms. The summed E-state index contributed by atoms with van der Waals surface area (Å²) in [7, 11) is 0. The van der Waals surface area contributed by atoms with E-state index in [1.165, 1.54) is 18.4 Å². The lowest BCUT2D eigenvalue weighted by molar-refractivity contribution is -0.0504. The van der Waals surface area contributed by atoms with Crippen molar-refractivity contribution in [3.05, 3.63) is 53.0 Å². The van der Waals surface area contributed by atoms with Gasteiger partial charge >= 0.3 is 6.61 Å². The molecule has 0 aliphatic rings. The molecule has 5 nitrogen and oxygen atoms in total. The third-order valence-electron chi connectivity index (χ3n) is 2.99. The van der Waals surface area contributed by atoms with Gasteiger partial charge in [-0.3, -0.25) is 4.79 Å². The average molecular weight is 347 g/mol. The number of ether oxygens (including phenoxy) is 1. The summed E-state index contributed by atoms with van der Waals surface area (Å²) in [5, 5.41) is 2.63. The zero-order chi connectivity index (χ0) is 16.1. The molecule has 0 saturated heterocycles. The Morgan fingerprint density at radius 1 is 1.39 bits per heavy atom. The molecular weight excluding hydrogens is 330 g/mol. The van der Waals surface area contributed by atoms with E-state index in [0.29, 0.717) is 16.9 Å². The smallest absolute Gasteiger partial charge is 0.387 e. The van der Waals surface area contributed by atoms with Crippen molar-refractivity contribution in [2.45, 2.75) is 26.6 Å². The second-order valence-corrected chi connectivity index (χ2v) is 4.68. The van der Waals surface area contributed by atoms with Crippen LogP contribution in [0.1, 0.15) is 27.2 Å². The van der Waals surface area contributed by atoms with Gasteiger partial charge < -0.3 is 20.2 Å². The van der Waals surface area contributed by atoms with E-state index < -0.39 is 6.61 Å². The number of furan rings is 1. The maximum atomic E-state index is 12.4. The number of hydrogen-bond donors (Lipinski definition) is 2. The lowest BCUT2D eigenvalue weighted by atomic mass is 10.1. The van der Waals surface area contributed by atoms with Gasteiger partial charge in [0.15, 0.2) is 0 Å². The number of carbonyl (C=O) groups excluding carboxylic acids is 1. The van der Waals surface area contributed by atoms with Crippen LogP contribution in [-0.2, 0) is 13.1 Å². The third kappa shape index (κ3) is 5.22. The SMILES string of the molecule is Cc1ccc(OC(F)F)c(CNC(=O)c2coc(CN)c2)c1.Cl. The first-order chi connectivity index (χ1) is 10.5. The number of nitrogens with two attached hydrogens (primary N) is 1. The molecule has 0 aliphatic heterocycles. The molecule has 2 aromatic rings. The summed E-state index contributed by atoms with van der Waals surface area (Å²) < 4.78 is 34.3. The van der Waals surface area contributed by atoms with E-state index in [9.17, 15) is 13.6 Å². The number of carbonyl (C=O) groups is 1. The molecule has 3 N–H and O–H groups in total. The highest BCUT2D eigenvalue weighted by Gasteiger charge is 2.13. The van der Waals surface area contributed by atoms with Crippen molar-refractivity contribution in [3.8, 4) is 5.75 Å². The predicted molar refractivity (Wildman–Crippen MR) is 82.8 cm³/mol. The maximum Gasteiger partial charge on any atom is 0.387 e. The van der Waals surface area contributed by atoms with E-state index in [-0.39, 0.29) is 37.2 Å². The quantitative estimate of drug-likeness (QED) is 0.843. The minimum absolute atomic E-state index is 0. The summed E-state index contributed by atoms with van der Waals surface area (Å²) in [6.07, 6.45) is 1.30. The van der Waals surface area contributed by atoms with Crippen LogP contribution in [0, 0.1) is 6.92 Å². The Morgan fingerprint density at radius 2 is 2.13 bits per heavy atom. The van der Waals surface area contributed by atoms with Gasteiger partial charge in [-0.1, -0.05) is 17.7 Å². The monoisotopic (exact) mass is 346 g/mol. The number of rotatable bonds is 6. The summed E-state index contributed by atoms with van der Waals surface area (Å²) in [6.45, 7) is -0.845. The second-order valence-electron chi connectivity index (χ2n) is 4.68. The number of aryl methyl sites for hydroxylation is 1. The van der Waals surface area contributed by atoms with Crippen LogP contribution in [0.2, 0.25) is 0 Å². The standard InChI is InChI=1S/C15H16F2N2O3.ClH/c1-9-2-3-13(22-15(16)17)10(4-9)7-19-14(20)11-5-12(6-18)21-8-11;/h2-5,8,15H,6-7,18H2,1H3,(H,19,20);1H. The Bertz CT molecular complexity index is 662. The van der Waals surface area contributed by atoms with Crippen LogP contribution in [0.4, 0.5) is 8.78 Å². The summed E-state index contributed by atoms with van der Waals surface area (Å²) in [5.74, 6) is 0.145. The number of alkyl halides is 2. The van der Waals surface area contributed by atoms with Gasteiger partial charge in [0.25, 0.3) is 5.91 Å². The summed E-state index contributed by atoms with van der Waals surface area (Å²) in [6, 6.07) is 6.32. The van der Waals surface area contributed by atoms with Crippen LogP contribution in [-0.4, -0.2) is 12.5 Å². The topological polar surface area (TPSA) is 77.5 Å². The normalized spacial score (nSPS) is 10.3. The maximum absolute atomic E-state index is 12.4. The van der Waals surface area contributed by atoms with E-state index >= 15 is 0 Å². The Balaban J connectivity index is 0.00000264. The molecule has 1 aromatic carbocycles. The van der Waals surface area contributed by atoms with Gasteiger partial charge in [-0.05, 0) is 19.1 Å². The van der Waals surface area contributed by atoms with Gasteiger partial charge in [-0.25, -0.2) is 0 Å². The Morgan fingerprint density at radius 3 is 2.74 bits per heavy atom. The van der Waals surface area contributed by atoms with Crippen molar-refractivity contribution >= 4 is 18.3 Å². The molecule has 1 heterocycles. The Hall–Kier alpha value is -2.12. The van der Waals surface area contributed by atoms with Crippen LogP contribution < -0.4 is 15.8 Å². The van der Waals surface area contributed by atoms with Crippen LogP contribution in [0.25, 0.3) is 0 Å². The Labute approximate surface area is 138 Å². The number of benzene rings is 1. The molecule has 0 fully saturated rings. The minimum Gasteiger partial charge on any atom is -0.467 e. The molecule has 2 rings (SSSR count).